The Hall–Kier alpha value is -9.06. The van der Waals surface area contributed by atoms with E-state index < -0.39 is 0 Å². The van der Waals surface area contributed by atoms with Crippen LogP contribution >= 0.6 is 0 Å². The van der Waals surface area contributed by atoms with Crippen molar-refractivity contribution in [3.05, 3.63) is 230 Å². The quantitative estimate of drug-likeness (QED) is 0.167. The maximum Gasteiger partial charge on any atom is 0.162 e. The molecule has 0 radical (unpaired) electrons. The fraction of sp³-hybridized carbons (Fsp3) is 0.0462. The number of benzene rings is 9. The van der Waals surface area contributed by atoms with Crippen LogP contribution in [-0.2, 0) is 6.42 Å². The zero-order chi connectivity index (χ0) is 46.7. The van der Waals surface area contributed by atoms with Crippen LogP contribution in [0.2, 0.25) is 0 Å². The van der Waals surface area contributed by atoms with Gasteiger partial charge < -0.3 is 8.83 Å². The predicted octanol–water partition coefficient (Wildman–Crippen LogP) is 17.9. The Bertz CT molecular complexity index is 4240. The molecule has 14 rings (SSSR count). The van der Waals surface area contributed by atoms with E-state index in [1.807, 2.05) is 44.2 Å². The topological polar surface area (TPSA) is 57.0 Å². The molecule has 0 saturated carbocycles. The molecule has 0 amide bonds. The normalized spacial score (nSPS) is 12.3. The van der Waals surface area contributed by atoms with E-state index in [2.05, 4.69) is 199 Å². The van der Waals surface area contributed by atoms with Gasteiger partial charge in [-0.2, -0.15) is 0 Å². The monoisotopic (exact) mass is 899 g/mol. The molecule has 0 atom stereocenters. The summed E-state index contributed by atoms with van der Waals surface area (Å²) >= 11 is 0. The smallest absolute Gasteiger partial charge is 0.162 e. The lowest BCUT2D eigenvalue weighted by molar-refractivity contribution is 0.565. The Morgan fingerprint density at radius 2 is 1.10 bits per heavy atom. The predicted molar refractivity (Wildman–Crippen MR) is 291 cm³/mol. The van der Waals surface area contributed by atoms with Gasteiger partial charge in [0.15, 0.2) is 5.82 Å². The molecular formula is C65H45N3O2. The molecule has 5 heteroatoms. The van der Waals surface area contributed by atoms with Crippen molar-refractivity contribution in [2.75, 3.05) is 0 Å². The van der Waals surface area contributed by atoms with Crippen LogP contribution < -0.4 is 0 Å². The Morgan fingerprint density at radius 3 is 1.93 bits per heavy atom. The van der Waals surface area contributed by atoms with Gasteiger partial charge in [0.05, 0.1) is 16.7 Å². The number of para-hydroxylation sites is 3. The van der Waals surface area contributed by atoms with Gasteiger partial charge in [0, 0.05) is 67.2 Å². The van der Waals surface area contributed by atoms with E-state index in [1.165, 1.54) is 5.39 Å². The van der Waals surface area contributed by atoms with Crippen LogP contribution in [0.5, 0.6) is 0 Å². The summed E-state index contributed by atoms with van der Waals surface area (Å²) in [7, 11) is 0. The van der Waals surface area contributed by atoms with E-state index in [4.69, 9.17) is 18.8 Å². The molecule has 1 aliphatic rings. The van der Waals surface area contributed by atoms with Gasteiger partial charge in [-0.1, -0.05) is 190 Å². The van der Waals surface area contributed by atoms with Crippen LogP contribution in [0.15, 0.2) is 227 Å². The van der Waals surface area contributed by atoms with Crippen molar-refractivity contribution in [1.82, 2.24) is 14.5 Å². The Balaban J connectivity index is 0.00000237. The number of furan rings is 2. The van der Waals surface area contributed by atoms with Gasteiger partial charge in [0.25, 0.3) is 0 Å². The molecule has 332 valence electrons. The highest BCUT2D eigenvalue weighted by molar-refractivity contribution is 6.17. The molecule has 4 aromatic heterocycles. The summed E-state index contributed by atoms with van der Waals surface area (Å²) in [6, 6.07) is 71.1. The zero-order valence-electron chi connectivity index (χ0n) is 38.7. The van der Waals surface area contributed by atoms with Crippen LogP contribution in [0.3, 0.4) is 0 Å². The summed E-state index contributed by atoms with van der Waals surface area (Å²) in [4.78, 5) is 10.7. The highest BCUT2D eigenvalue weighted by Crippen LogP contribution is 2.43. The Kier molecular flexibility index (Phi) is 9.95. The van der Waals surface area contributed by atoms with Gasteiger partial charge in [-0.25, -0.2) is 9.97 Å². The molecular weight excluding hydrogens is 855 g/mol. The summed E-state index contributed by atoms with van der Waals surface area (Å²) in [5.74, 6) is 2.42. The summed E-state index contributed by atoms with van der Waals surface area (Å²) in [5, 5.41) is 7.97. The number of hydrogen-bond donors (Lipinski definition) is 0. The Morgan fingerprint density at radius 1 is 0.443 bits per heavy atom. The minimum Gasteiger partial charge on any atom is -0.459 e. The van der Waals surface area contributed by atoms with Crippen molar-refractivity contribution in [2.24, 2.45) is 0 Å². The second-order valence-corrected chi connectivity index (χ2v) is 17.6. The van der Waals surface area contributed by atoms with E-state index in [9.17, 15) is 0 Å². The maximum absolute atomic E-state index is 6.59. The van der Waals surface area contributed by atoms with Crippen molar-refractivity contribution < 1.29 is 8.83 Å². The number of nitrogens with zero attached hydrogens (tertiary/aromatic N) is 3. The molecule has 0 bridgehead atoms. The number of fused-ring (bicyclic) bond motifs is 10. The van der Waals surface area contributed by atoms with Crippen LogP contribution in [0.25, 0.3) is 133 Å². The summed E-state index contributed by atoms with van der Waals surface area (Å²) in [5.41, 5.74) is 15.3. The van der Waals surface area contributed by atoms with Gasteiger partial charge >= 0.3 is 0 Å². The van der Waals surface area contributed by atoms with Crippen LogP contribution in [-0.4, -0.2) is 14.5 Å². The standard InChI is InChI=1S/C63H39N3O2.C2H6/c1-3-15-39(16-4-1)63-64-55(46-31-32-51-49-24-9-10-30-57(49)67-59(51)37-46)38-60(65-63)66-56-36-43-18-8-7-17-42(43)35-54(56)52-27-13-25-47(61(52)66)44-21-11-19-40(33-44)41-20-12-22-45(34-41)48-26-14-28-53-50-23-5-2-6-29-58(50)68-62(48)53;1-2/h1-28,30-38H,29H2;1-2H3. The maximum atomic E-state index is 6.59. The molecule has 0 saturated heterocycles. The van der Waals surface area contributed by atoms with E-state index in [-0.39, 0.29) is 0 Å². The van der Waals surface area contributed by atoms with E-state index in [0.29, 0.717) is 5.82 Å². The first-order chi connectivity index (χ1) is 34.7. The largest absolute Gasteiger partial charge is 0.459 e. The molecule has 1 aliphatic carbocycles. The second kappa shape index (κ2) is 16.9. The van der Waals surface area contributed by atoms with Crippen molar-refractivity contribution in [2.45, 2.75) is 20.3 Å². The molecule has 5 nitrogen and oxygen atoms in total. The summed E-state index contributed by atoms with van der Waals surface area (Å²) in [6.45, 7) is 4.00. The third-order valence-electron chi connectivity index (χ3n) is 13.6. The summed E-state index contributed by atoms with van der Waals surface area (Å²) in [6.07, 6.45) is 9.27. The van der Waals surface area contributed by atoms with Crippen molar-refractivity contribution >= 4 is 71.6 Å². The average Bonchev–Trinajstić information content (AvgIpc) is 4.03. The van der Waals surface area contributed by atoms with Gasteiger partial charge in [0.1, 0.15) is 28.3 Å². The van der Waals surface area contributed by atoms with E-state index in [1.54, 1.807) is 0 Å². The van der Waals surface area contributed by atoms with E-state index >= 15 is 0 Å². The molecule has 0 unspecified atom stereocenters. The second-order valence-electron chi connectivity index (χ2n) is 17.6. The van der Waals surface area contributed by atoms with Crippen LogP contribution in [0.1, 0.15) is 25.2 Å². The fourth-order valence-corrected chi connectivity index (χ4v) is 10.4. The minimum absolute atomic E-state index is 0.646. The molecule has 0 aliphatic heterocycles. The Labute approximate surface area is 404 Å². The highest BCUT2D eigenvalue weighted by Gasteiger charge is 2.22. The molecule has 4 heterocycles. The van der Waals surface area contributed by atoms with Crippen molar-refractivity contribution in [3.63, 3.8) is 0 Å². The lowest BCUT2D eigenvalue weighted by Gasteiger charge is -2.15. The number of aromatic nitrogens is 3. The van der Waals surface area contributed by atoms with Gasteiger partial charge in [0.2, 0.25) is 0 Å². The first-order valence-corrected chi connectivity index (χ1v) is 24.1. The lowest BCUT2D eigenvalue weighted by atomic mass is 9.94. The first-order valence-electron chi connectivity index (χ1n) is 24.1. The first kappa shape index (κ1) is 41.2. The number of allylic oxidation sites excluding steroid dienone is 3. The zero-order valence-corrected chi connectivity index (χ0v) is 38.7. The van der Waals surface area contributed by atoms with Crippen molar-refractivity contribution in [3.8, 4) is 61.8 Å². The molecule has 0 N–H and O–H groups in total. The highest BCUT2D eigenvalue weighted by atomic mass is 16.3. The third-order valence-corrected chi connectivity index (χ3v) is 13.6. The van der Waals surface area contributed by atoms with Gasteiger partial charge in [-0.05, 0) is 75.5 Å². The molecule has 70 heavy (non-hydrogen) atoms. The van der Waals surface area contributed by atoms with E-state index in [0.717, 1.165) is 134 Å². The lowest BCUT2D eigenvalue weighted by Crippen LogP contribution is -2.03. The third kappa shape index (κ3) is 6.85. The molecule has 13 aromatic rings. The van der Waals surface area contributed by atoms with Crippen LogP contribution in [0, 0.1) is 0 Å². The summed E-state index contributed by atoms with van der Waals surface area (Å²) < 4.78 is 15.3. The minimum atomic E-state index is 0.646. The number of rotatable bonds is 6. The number of hydrogen-bond acceptors (Lipinski definition) is 4. The fourth-order valence-electron chi connectivity index (χ4n) is 10.4. The SMILES string of the molecule is C1=CCc2oc3c(-c4cccc(-c5cccc(-c6cccc7c8cc9ccccc9cc8n(-c8cc(-c9ccc%10c(c9)oc9ccccc9%10)nc(-c9ccccc9)n8)c67)c5)c4)cccc3c2C=C1.CC. The van der Waals surface area contributed by atoms with Crippen LogP contribution in [0.4, 0.5) is 0 Å². The molecule has 0 fully saturated rings. The van der Waals surface area contributed by atoms with Crippen molar-refractivity contribution in [1.29, 1.82) is 0 Å². The van der Waals surface area contributed by atoms with Gasteiger partial charge in [-0.3, -0.25) is 4.57 Å². The molecule has 9 aromatic carbocycles. The average molecular weight is 900 g/mol. The molecule has 0 spiro atoms. The van der Waals surface area contributed by atoms with Gasteiger partial charge in [-0.15, -0.1) is 0 Å².